The Hall–Kier alpha value is -3.75. The number of fused-ring (bicyclic) bond motifs is 3. The minimum atomic E-state index is -3.89. The van der Waals surface area contributed by atoms with Crippen molar-refractivity contribution in [2.24, 2.45) is 0 Å². The number of ether oxygens (including phenoxy) is 1. The molecule has 3 rings (SSSR count). The van der Waals surface area contributed by atoms with Crippen LogP contribution in [0.25, 0.3) is 11.1 Å². The van der Waals surface area contributed by atoms with Crippen molar-refractivity contribution in [1.29, 1.82) is 0 Å². The second-order valence-electron chi connectivity index (χ2n) is 7.29. The fourth-order valence-corrected chi connectivity index (χ4v) is 3.43. The number of carbonyl (C=O) groups is 3. The molecule has 0 aromatic heterocycles. The summed E-state index contributed by atoms with van der Waals surface area (Å²) in [5.74, 6) is -6.97. The fraction of sp³-hybridized carbons (Fsp3) is 0.261. The van der Waals surface area contributed by atoms with Crippen LogP contribution in [0.2, 0.25) is 0 Å². The molecule has 0 heterocycles. The number of carboxylic acid groups (broad SMARTS) is 1. The van der Waals surface area contributed by atoms with E-state index in [0.29, 0.717) is 0 Å². The van der Waals surface area contributed by atoms with Crippen molar-refractivity contribution in [2.45, 2.75) is 18.8 Å². The van der Waals surface area contributed by atoms with Crippen molar-refractivity contribution < 1.29 is 33.0 Å². The summed E-state index contributed by atoms with van der Waals surface area (Å²) in [7, 11) is 0. The molecule has 168 valence electrons. The molecule has 9 heteroatoms. The average Bonchev–Trinajstić information content (AvgIpc) is 3.10. The van der Waals surface area contributed by atoms with Gasteiger partial charge in [0.05, 0.1) is 6.54 Å². The number of amides is 2. The number of halogens is 2. The molecule has 0 fully saturated rings. The summed E-state index contributed by atoms with van der Waals surface area (Å²) in [5, 5.41) is 12.5. The summed E-state index contributed by atoms with van der Waals surface area (Å²) in [6.07, 6.45) is 0.0240. The molecule has 0 radical (unpaired) electrons. The van der Waals surface area contributed by atoms with Gasteiger partial charge in [-0.1, -0.05) is 54.6 Å². The summed E-state index contributed by atoms with van der Waals surface area (Å²) in [5.41, 5.74) is 3.94. The lowest BCUT2D eigenvalue weighted by atomic mass is 9.98. The molecule has 0 saturated heterocycles. The van der Waals surface area contributed by atoms with Crippen LogP contribution < -0.4 is 10.6 Å². The van der Waals surface area contributed by atoms with Crippen LogP contribution in [0, 0.1) is 0 Å². The summed E-state index contributed by atoms with van der Waals surface area (Å²) in [6.45, 7) is -0.406. The zero-order chi connectivity index (χ0) is 23.3. The maximum Gasteiger partial charge on any atom is 0.407 e. The molecule has 0 atom stereocenters. The van der Waals surface area contributed by atoms with Gasteiger partial charge in [0.15, 0.2) is 0 Å². The number of alkyl carbamates (subject to hydrolysis) is 1. The molecule has 32 heavy (non-hydrogen) atoms. The Morgan fingerprint density at radius 1 is 1.03 bits per heavy atom. The fourth-order valence-electron chi connectivity index (χ4n) is 3.43. The van der Waals surface area contributed by atoms with E-state index < -0.39 is 30.4 Å². The van der Waals surface area contributed by atoms with E-state index in [0.717, 1.165) is 28.3 Å². The molecule has 0 aliphatic heterocycles. The lowest BCUT2D eigenvalue weighted by Crippen LogP contribution is -2.48. The zero-order valence-corrected chi connectivity index (χ0v) is 17.2. The number of alkyl halides is 2. The minimum absolute atomic E-state index is 0.0448. The van der Waals surface area contributed by atoms with Gasteiger partial charge in [0.2, 0.25) is 0 Å². The number of carbonyl (C=O) groups excluding carboxylic acids is 2. The highest BCUT2D eigenvalue weighted by Crippen LogP contribution is 2.44. The molecule has 1 aliphatic rings. The quantitative estimate of drug-likeness (QED) is 0.542. The number of hydrogen-bond donors (Lipinski definition) is 3. The molecule has 7 nitrogen and oxygen atoms in total. The Bertz CT molecular complexity index is 1020. The third-order valence-corrected chi connectivity index (χ3v) is 5.14. The Balaban J connectivity index is 1.53. The summed E-state index contributed by atoms with van der Waals surface area (Å²) < 4.78 is 33.1. The third kappa shape index (κ3) is 5.11. The Morgan fingerprint density at radius 3 is 2.16 bits per heavy atom. The molecule has 0 spiro atoms. The first-order valence-electron chi connectivity index (χ1n) is 9.85. The van der Waals surface area contributed by atoms with E-state index in [4.69, 9.17) is 9.84 Å². The highest BCUT2D eigenvalue weighted by Gasteiger charge is 2.39. The van der Waals surface area contributed by atoms with Gasteiger partial charge in [-0.2, -0.15) is 8.78 Å². The second-order valence-corrected chi connectivity index (χ2v) is 7.29. The van der Waals surface area contributed by atoms with Gasteiger partial charge in [0.1, 0.15) is 6.61 Å². The largest absolute Gasteiger partial charge is 0.478 e. The molecule has 3 N–H and O–H groups in total. The molecule has 2 amide bonds. The van der Waals surface area contributed by atoms with Gasteiger partial charge >= 0.3 is 18.0 Å². The Labute approximate surface area is 183 Å². The van der Waals surface area contributed by atoms with Crippen LogP contribution in [0.5, 0.6) is 0 Å². The van der Waals surface area contributed by atoms with Crippen LogP contribution in [0.3, 0.4) is 0 Å². The highest BCUT2D eigenvalue weighted by atomic mass is 19.3. The van der Waals surface area contributed by atoms with Crippen molar-refractivity contribution in [3.8, 4) is 11.1 Å². The van der Waals surface area contributed by atoms with Crippen LogP contribution in [-0.4, -0.2) is 48.7 Å². The SMILES string of the molecule is C/C(=C\CNC(=O)C(F)(F)CNC(=O)OCC1c2ccccc2-c2ccccc21)C(=O)O. The Kier molecular flexibility index (Phi) is 6.87. The molecule has 2 aromatic rings. The molecular formula is C23H22F2N2O5. The van der Waals surface area contributed by atoms with Gasteiger partial charge in [-0.05, 0) is 29.2 Å². The van der Waals surface area contributed by atoms with E-state index in [2.05, 4.69) is 0 Å². The number of hydrogen-bond acceptors (Lipinski definition) is 4. The molecular weight excluding hydrogens is 422 g/mol. The normalized spacial score (nSPS) is 13.2. The van der Waals surface area contributed by atoms with Crippen LogP contribution in [-0.2, 0) is 14.3 Å². The number of nitrogens with one attached hydrogen (secondary N) is 2. The molecule has 2 aromatic carbocycles. The van der Waals surface area contributed by atoms with Crippen LogP contribution >= 0.6 is 0 Å². The zero-order valence-electron chi connectivity index (χ0n) is 17.2. The standard InChI is InChI=1S/C23H22F2N2O5/c1-14(20(28)29)10-11-26-21(30)23(24,25)13-27-22(31)32-12-19-17-8-4-2-6-15(17)16-7-3-5-9-18(16)19/h2-10,19H,11-13H2,1H3,(H,26,30)(H,27,31)(H,28,29)/b14-10+. The molecule has 0 unspecified atom stereocenters. The van der Waals surface area contributed by atoms with E-state index in [9.17, 15) is 23.2 Å². The number of benzene rings is 2. The highest BCUT2D eigenvalue weighted by molar-refractivity contribution is 5.87. The number of carboxylic acids is 1. The Morgan fingerprint density at radius 2 is 1.59 bits per heavy atom. The van der Waals surface area contributed by atoms with Gasteiger partial charge in [0, 0.05) is 18.0 Å². The predicted molar refractivity (Wildman–Crippen MR) is 112 cm³/mol. The van der Waals surface area contributed by atoms with E-state index in [1.165, 1.54) is 6.92 Å². The van der Waals surface area contributed by atoms with E-state index in [1.807, 2.05) is 59.2 Å². The topological polar surface area (TPSA) is 105 Å². The van der Waals surface area contributed by atoms with Crippen LogP contribution in [0.4, 0.5) is 13.6 Å². The van der Waals surface area contributed by atoms with Gasteiger partial charge in [-0.3, -0.25) is 4.79 Å². The first kappa shape index (κ1) is 22.9. The lowest BCUT2D eigenvalue weighted by molar-refractivity contribution is -0.144. The molecule has 0 saturated carbocycles. The molecule has 0 bridgehead atoms. The smallest absolute Gasteiger partial charge is 0.407 e. The number of rotatable bonds is 8. The maximum absolute atomic E-state index is 14.0. The monoisotopic (exact) mass is 444 g/mol. The molecule has 1 aliphatic carbocycles. The van der Waals surface area contributed by atoms with E-state index >= 15 is 0 Å². The van der Waals surface area contributed by atoms with Crippen molar-refractivity contribution in [1.82, 2.24) is 10.6 Å². The first-order valence-corrected chi connectivity index (χ1v) is 9.85. The van der Waals surface area contributed by atoms with Gasteiger partial charge in [-0.25, -0.2) is 9.59 Å². The predicted octanol–water partition coefficient (Wildman–Crippen LogP) is 3.31. The van der Waals surface area contributed by atoms with Gasteiger partial charge in [-0.15, -0.1) is 0 Å². The number of aliphatic carboxylic acids is 1. The van der Waals surface area contributed by atoms with Gasteiger partial charge in [0.25, 0.3) is 5.91 Å². The van der Waals surface area contributed by atoms with E-state index in [1.54, 1.807) is 0 Å². The second kappa shape index (κ2) is 9.59. The summed E-state index contributed by atoms with van der Waals surface area (Å²) in [6, 6.07) is 15.4. The van der Waals surface area contributed by atoms with Crippen molar-refractivity contribution >= 4 is 18.0 Å². The van der Waals surface area contributed by atoms with Gasteiger partial charge < -0.3 is 20.5 Å². The third-order valence-electron chi connectivity index (χ3n) is 5.14. The van der Waals surface area contributed by atoms with Crippen molar-refractivity contribution in [2.75, 3.05) is 19.7 Å². The van der Waals surface area contributed by atoms with Crippen molar-refractivity contribution in [3.63, 3.8) is 0 Å². The van der Waals surface area contributed by atoms with Crippen molar-refractivity contribution in [3.05, 3.63) is 71.3 Å². The van der Waals surface area contributed by atoms with Crippen LogP contribution in [0.1, 0.15) is 24.0 Å². The minimum Gasteiger partial charge on any atom is -0.478 e. The summed E-state index contributed by atoms with van der Waals surface area (Å²) >= 11 is 0. The average molecular weight is 444 g/mol. The summed E-state index contributed by atoms with van der Waals surface area (Å²) in [4.78, 5) is 34.3. The lowest BCUT2D eigenvalue weighted by Gasteiger charge is -2.17. The van der Waals surface area contributed by atoms with E-state index in [-0.39, 0.29) is 24.6 Å². The first-order chi connectivity index (χ1) is 15.2. The van der Waals surface area contributed by atoms with Crippen LogP contribution in [0.15, 0.2) is 60.2 Å². The maximum atomic E-state index is 14.0.